The molecule has 2 fully saturated rings. The molecule has 3 atom stereocenters. The summed E-state index contributed by atoms with van der Waals surface area (Å²) in [6.07, 6.45) is 8.07. The third-order valence-electron chi connectivity index (χ3n) is 6.27. The number of aromatic nitrogens is 2. The number of rotatable bonds is 4. The summed E-state index contributed by atoms with van der Waals surface area (Å²) in [6.45, 7) is 4.39. The zero-order valence-electron chi connectivity index (χ0n) is 16.5. The van der Waals surface area contributed by atoms with E-state index in [4.69, 9.17) is 28.2 Å². The van der Waals surface area contributed by atoms with Crippen molar-refractivity contribution >= 4 is 40.8 Å². The van der Waals surface area contributed by atoms with Crippen LogP contribution in [0.5, 0.6) is 0 Å². The Morgan fingerprint density at radius 3 is 2.89 bits per heavy atom. The molecular weight excluding hydrogens is 411 g/mol. The van der Waals surface area contributed by atoms with Crippen molar-refractivity contribution in [3.8, 4) is 0 Å². The second kappa shape index (κ2) is 8.02. The molecule has 2 bridgehead atoms. The maximum Gasteiger partial charge on any atom is 0.145 e. The van der Waals surface area contributed by atoms with Crippen molar-refractivity contribution in [1.82, 2.24) is 14.9 Å². The Morgan fingerprint density at radius 2 is 2.14 bits per heavy atom. The van der Waals surface area contributed by atoms with Crippen LogP contribution in [0.4, 0.5) is 5.82 Å². The summed E-state index contributed by atoms with van der Waals surface area (Å²) >= 11 is 13.9. The predicted molar refractivity (Wildman–Crippen MR) is 118 cm³/mol. The fourth-order valence-electron chi connectivity index (χ4n) is 4.62. The normalized spacial score (nSPS) is 27.6. The van der Waals surface area contributed by atoms with Crippen LogP contribution < -0.4 is 5.32 Å². The van der Waals surface area contributed by atoms with E-state index < -0.39 is 0 Å². The Kier molecular flexibility index (Phi) is 5.81. The van der Waals surface area contributed by atoms with Crippen LogP contribution in [0.25, 0.3) is 0 Å². The topological polar surface area (TPSA) is 41.1 Å². The summed E-state index contributed by atoms with van der Waals surface area (Å²) in [5.74, 6) is 0.857. The van der Waals surface area contributed by atoms with Gasteiger partial charge in [-0.25, -0.2) is 9.97 Å². The SMILES string of the molecule is Cc1nc(N[C@H]2C[C@H]3CCC[C@@](C)(C2)N3C)cnc1Sc1cccc(Cl)c1Cl. The van der Waals surface area contributed by atoms with Gasteiger partial charge in [-0.15, -0.1) is 0 Å². The van der Waals surface area contributed by atoms with Gasteiger partial charge >= 0.3 is 0 Å². The van der Waals surface area contributed by atoms with E-state index in [0.717, 1.165) is 27.9 Å². The molecule has 150 valence electrons. The minimum Gasteiger partial charge on any atom is -0.366 e. The number of nitrogens with zero attached hydrogens (tertiary/aromatic N) is 3. The molecule has 2 aliphatic rings. The fourth-order valence-corrected chi connectivity index (χ4v) is 5.95. The van der Waals surface area contributed by atoms with Crippen LogP contribution in [-0.4, -0.2) is 39.5 Å². The molecule has 0 saturated carbocycles. The molecule has 1 N–H and O–H groups in total. The Morgan fingerprint density at radius 1 is 1.32 bits per heavy atom. The van der Waals surface area contributed by atoms with Crippen molar-refractivity contribution in [1.29, 1.82) is 0 Å². The molecule has 3 heterocycles. The average Bonchev–Trinajstić information content (AvgIpc) is 2.63. The number of benzene rings is 1. The second-order valence-electron chi connectivity index (χ2n) is 8.23. The largest absolute Gasteiger partial charge is 0.366 e. The zero-order chi connectivity index (χ0) is 19.9. The Balaban J connectivity index is 1.47. The number of hydrogen-bond acceptors (Lipinski definition) is 5. The van der Waals surface area contributed by atoms with E-state index in [0.29, 0.717) is 27.7 Å². The third-order valence-corrected chi connectivity index (χ3v) is 8.36. The average molecular weight is 437 g/mol. The maximum absolute atomic E-state index is 6.31. The summed E-state index contributed by atoms with van der Waals surface area (Å²) in [7, 11) is 2.29. The van der Waals surface area contributed by atoms with E-state index >= 15 is 0 Å². The van der Waals surface area contributed by atoms with Crippen LogP contribution in [-0.2, 0) is 0 Å². The summed E-state index contributed by atoms with van der Waals surface area (Å²) < 4.78 is 0. The highest BCUT2D eigenvalue weighted by Gasteiger charge is 2.44. The highest BCUT2D eigenvalue weighted by molar-refractivity contribution is 7.99. The molecule has 4 rings (SSSR count). The zero-order valence-corrected chi connectivity index (χ0v) is 18.8. The summed E-state index contributed by atoms with van der Waals surface area (Å²) in [6, 6.07) is 6.74. The van der Waals surface area contributed by atoms with E-state index in [1.807, 2.05) is 25.3 Å². The van der Waals surface area contributed by atoms with Gasteiger partial charge in [-0.2, -0.15) is 0 Å². The van der Waals surface area contributed by atoms with Gasteiger partial charge in [0.25, 0.3) is 0 Å². The molecule has 28 heavy (non-hydrogen) atoms. The Hall–Kier alpha value is -1.01. The first-order chi connectivity index (χ1) is 13.4. The Bertz CT molecular complexity index is 877. The standard InChI is InChI=1S/C21H26Cl2N4S/c1-13-20(28-17-8-4-7-16(22)19(17)23)24-12-18(25-13)26-14-10-15-6-5-9-21(2,11-14)27(15)3/h4,7-8,12,14-15H,5-6,9-11H2,1-3H3,(H,25,26)/t14-,15+,21-/m0/s1. The monoisotopic (exact) mass is 436 g/mol. The molecule has 7 heteroatoms. The lowest BCUT2D eigenvalue weighted by Gasteiger charge is -2.54. The van der Waals surface area contributed by atoms with Gasteiger partial charge < -0.3 is 5.32 Å². The van der Waals surface area contributed by atoms with Crippen LogP contribution in [0.1, 0.15) is 44.7 Å². The van der Waals surface area contributed by atoms with Crippen LogP contribution >= 0.6 is 35.0 Å². The molecule has 0 radical (unpaired) electrons. The van der Waals surface area contributed by atoms with Gasteiger partial charge in [0, 0.05) is 22.5 Å². The number of nitrogens with one attached hydrogen (secondary N) is 1. The number of aryl methyl sites for hydroxylation is 1. The molecule has 0 amide bonds. The molecule has 4 nitrogen and oxygen atoms in total. The number of hydrogen-bond donors (Lipinski definition) is 1. The van der Waals surface area contributed by atoms with E-state index in [-0.39, 0.29) is 0 Å². The molecule has 2 aliphatic heterocycles. The van der Waals surface area contributed by atoms with Crippen molar-refractivity contribution < 1.29 is 0 Å². The van der Waals surface area contributed by atoms with Crippen molar-refractivity contribution in [2.75, 3.05) is 12.4 Å². The Labute approximate surface area is 181 Å². The minimum absolute atomic E-state index is 0.292. The van der Waals surface area contributed by atoms with Crippen LogP contribution in [0.15, 0.2) is 34.3 Å². The van der Waals surface area contributed by atoms with Gasteiger partial charge in [0.1, 0.15) is 10.8 Å². The van der Waals surface area contributed by atoms with Crippen LogP contribution in [0.3, 0.4) is 0 Å². The first-order valence-electron chi connectivity index (χ1n) is 9.81. The number of fused-ring (bicyclic) bond motifs is 2. The van der Waals surface area contributed by atoms with Crippen molar-refractivity contribution in [2.24, 2.45) is 0 Å². The quantitative estimate of drug-likeness (QED) is 0.630. The van der Waals surface area contributed by atoms with Crippen LogP contribution in [0.2, 0.25) is 10.0 Å². The highest BCUT2D eigenvalue weighted by atomic mass is 35.5. The number of piperidine rings is 2. The van der Waals surface area contributed by atoms with Gasteiger partial charge in [-0.3, -0.25) is 4.90 Å². The summed E-state index contributed by atoms with van der Waals surface area (Å²) in [4.78, 5) is 12.9. The third kappa shape index (κ3) is 4.00. The molecule has 1 aromatic heterocycles. The lowest BCUT2D eigenvalue weighted by atomic mass is 9.74. The van der Waals surface area contributed by atoms with E-state index in [2.05, 4.69) is 29.2 Å². The molecule has 0 unspecified atom stereocenters. The van der Waals surface area contributed by atoms with Crippen molar-refractivity contribution in [2.45, 2.75) is 73.5 Å². The van der Waals surface area contributed by atoms with E-state index in [9.17, 15) is 0 Å². The van der Waals surface area contributed by atoms with Gasteiger partial charge in [-0.05, 0) is 58.7 Å². The summed E-state index contributed by atoms with van der Waals surface area (Å²) in [5.41, 5.74) is 1.19. The first kappa shape index (κ1) is 20.3. The molecule has 0 spiro atoms. The lowest BCUT2D eigenvalue weighted by Crippen LogP contribution is -2.60. The predicted octanol–water partition coefficient (Wildman–Crippen LogP) is 6.06. The van der Waals surface area contributed by atoms with E-state index in [1.54, 1.807) is 6.07 Å². The maximum atomic E-state index is 6.31. The second-order valence-corrected chi connectivity index (χ2v) is 10.1. The summed E-state index contributed by atoms with van der Waals surface area (Å²) in [5, 5.41) is 5.61. The fraction of sp³-hybridized carbons (Fsp3) is 0.524. The lowest BCUT2D eigenvalue weighted by molar-refractivity contribution is -0.0106. The van der Waals surface area contributed by atoms with Gasteiger partial charge in [0.2, 0.25) is 0 Å². The smallest absolute Gasteiger partial charge is 0.145 e. The highest BCUT2D eigenvalue weighted by Crippen LogP contribution is 2.41. The molecule has 2 saturated heterocycles. The molecule has 2 aromatic rings. The van der Waals surface area contributed by atoms with Gasteiger partial charge in [0.15, 0.2) is 0 Å². The number of anilines is 1. The first-order valence-corrected chi connectivity index (χ1v) is 11.4. The van der Waals surface area contributed by atoms with Gasteiger partial charge in [0.05, 0.1) is 21.9 Å². The number of halogens is 2. The van der Waals surface area contributed by atoms with Gasteiger partial charge in [-0.1, -0.05) is 47.5 Å². The molecular formula is C21H26Cl2N4S. The van der Waals surface area contributed by atoms with E-state index in [1.165, 1.54) is 37.4 Å². The van der Waals surface area contributed by atoms with Crippen molar-refractivity contribution in [3.63, 3.8) is 0 Å². The molecule has 0 aliphatic carbocycles. The minimum atomic E-state index is 0.292. The van der Waals surface area contributed by atoms with Crippen LogP contribution in [0, 0.1) is 6.92 Å². The molecule has 1 aromatic carbocycles. The van der Waals surface area contributed by atoms with Crippen molar-refractivity contribution in [3.05, 3.63) is 40.1 Å².